The summed E-state index contributed by atoms with van der Waals surface area (Å²) >= 11 is 0. The highest BCUT2D eigenvalue weighted by atomic mass is 16.5. The van der Waals surface area contributed by atoms with E-state index >= 15 is 0 Å². The Morgan fingerprint density at radius 3 is 2.85 bits per heavy atom. The van der Waals surface area contributed by atoms with E-state index in [4.69, 9.17) is 21.6 Å². The Morgan fingerprint density at radius 1 is 1.46 bits per heavy atom. The number of nitrogen functional groups attached to an aromatic ring is 1. The van der Waals surface area contributed by atoms with Crippen molar-refractivity contribution in [1.82, 2.24) is 0 Å². The van der Waals surface area contributed by atoms with Crippen LogP contribution in [0.4, 0.5) is 0 Å². The molecule has 0 radical (unpaired) electrons. The zero-order valence-corrected chi connectivity index (χ0v) is 7.29. The average molecular weight is 179 g/mol. The predicted octanol–water partition coefficient (Wildman–Crippen LogP) is 0.308. The fraction of sp³-hybridized carbons (Fsp3) is 0.222. The van der Waals surface area contributed by atoms with E-state index in [9.17, 15) is 0 Å². The van der Waals surface area contributed by atoms with E-state index in [0.29, 0.717) is 24.5 Å². The highest BCUT2D eigenvalue weighted by Crippen LogP contribution is 2.12. The fourth-order valence-electron chi connectivity index (χ4n) is 0.930. The first-order chi connectivity index (χ1) is 6.24. The van der Waals surface area contributed by atoms with Crippen molar-refractivity contribution in [3.8, 4) is 5.75 Å². The summed E-state index contributed by atoms with van der Waals surface area (Å²) in [4.78, 5) is 0. The zero-order chi connectivity index (χ0) is 9.68. The molecule has 0 atom stereocenters. The molecule has 5 N–H and O–H groups in total. The molecule has 1 aromatic rings. The van der Waals surface area contributed by atoms with E-state index in [2.05, 4.69) is 0 Å². The van der Waals surface area contributed by atoms with Gasteiger partial charge in [-0.15, -0.1) is 0 Å². The van der Waals surface area contributed by atoms with E-state index in [1.54, 1.807) is 18.2 Å². The molecular formula is C9H13N3O. The quantitative estimate of drug-likeness (QED) is 0.459. The van der Waals surface area contributed by atoms with E-state index in [0.717, 1.165) is 0 Å². The number of amidine groups is 1. The van der Waals surface area contributed by atoms with Gasteiger partial charge in [-0.2, -0.15) is 0 Å². The second-order valence-corrected chi connectivity index (χ2v) is 2.58. The predicted molar refractivity (Wildman–Crippen MR) is 52.0 cm³/mol. The lowest BCUT2D eigenvalue weighted by Gasteiger charge is -2.05. The molecular weight excluding hydrogens is 166 g/mol. The van der Waals surface area contributed by atoms with E-state index in [-0.39, 0.29) is 5.84 Å². The van der Waals surface area contributed by atoms with Gasteiger partial charge < -0.3 is 16.2 Å². The van der Waals surface area contributed by atoms with Crippen molar-refractivity contribution >= 4 is 5.84 Å². The van der Waals surface area contributed by atoms with Crippen LogP contribution in [0.25, 0.3) is 0 Å². The molecule has 13 heavy (non-hydrogen) atoms. The van der Waals surface area contributed by atoms with Gasteiger partial charge in [-0.25, -0.2) is 0 Å². The Labute approximate surface area is 77.0 Å². The first kappa shape index (κ1) is 9.54. The van der Waals surface area contributed by atoms with Crippen molar-refractivity contribution < 1.29 is 4.74 Å². The van der Waals surface area contributed by atoms with Crippen LogP contribution in [0.5, 0.6) is 5.75 Å². The Hall–Kier alpha value is -1.55. The average Bonchev–Trinajstić information content (AvgIpc) is 2.15. The van der Waals surface area contributed by atoms with Gasteiger partial charge in [-0.1, -0.05) is 12.1 Å². The van der Waals surface area contributed by atoms with Crippen LogP contribution >= 0.6 is 0 Å². The number of nitrogens with two attached hydrogens (primary N) is 2. The van der Waals surface area contributed by atoms with Gasteiger partial charge in [0, 0.05) is 12.1 Å². The summed E-state index contributed by atoms with van der Waals surface area (Å²) in [6.07, 6.45) is 0. The van der Waals surface area contributed by atoms with Crippen molar-refractivity contribution in [3.05, 3.63) is 29.8 Å². The lowest BCUT2D eigenvalue weighted by atomic mass is 10.2. The topological polar surface area (TPSA) is 85.1 Å². The van der Waals surface area contributed by atoms with Crippen LogP contribution in [0.3, 0.4) is 0 Å². The summed E-state index contributed by atoms with van der Waals surface area (Å²) < 4.78 is 5.27. The third-order valence-electron chi connectivity index (χ3n) is 1.53. The van der Waals surface area contributed by atoms with Crippen LogP contribution in [0.1, 0.15) is 5.56 Å². The largest absolute Gasteiger partial charge is 0.492 e. The summed E-state index contributed by atoms with van der Waals surface area (Å²) in [6.45, 7) is 0.950. The minimum absolute atomic E-state index is 0.0400. The first-order valence-electron chi connectivity index (χ1n) is 4.01. The molecule has 0 saturated heterocycles. The third-order valence-corrected chi connectivity index (χ3v) is 1.53. The number of benzene rings is 1. The van der Waals surface area contributed by atoms with Gasteiger partial charge >= 0.3 is 0 Å². The minimum Gasteiger partial charge on any atom is -0.492 e. The highest BCUT2D eigenvalue weighted by Gasteiger charge is 1.98. The lowest BCUT2D eigenvalue weighted by Crippen LogP contribution is -2.13. The second kappa shape index (κ2) is 4.47. The maximum atomic E-state index is 7.21. The van der Waals surface area contributed by atoms with Crippen molar-refractivity contribution in [1.29, 1.82) is 5.41 Å². The SMILES string of the molecule is N=C(N)c1cccc(OCCN)c1. The molecule has 4 heteroatoms. The monoisotopic (exact) mass is 179 g/mol. The molecule has 0 aliphatic carbocycles. The van der Waals surface area contributed by atoms with E-state index in [1.807, 2.05) is 6.07 Å². The van der Waals surface area contributed by atoms with Crippen molar-refractivity contribution in [2.24, 2.45) is 11.5 Å². The highest BCUT2D eigenvalue weighted by molar-refractivity contribution is 5.95. The molecule has 0 unspecified atom stereocenters. The van der Waals surface area contributed by atoms with Crippen LogP contribution < -0.4 is 16.2 Å². The van der Waals surface area contributed by atoms with E-state index < -0.39 is 0 Å². The molecule has 0 aliphatic rings. The van der Waals surface area contributed by atoms with Crippen molar-refractivity contribution in [2.45, 2.75) is 0 Å². The number of nitrogens with one attached hydrogen (secondary N) is 1. The fourth-order valence-corrected chi connectivity index (χ4v) is 0.930. The number of rotatable bonds is 4. The van der Waals surface area contributed by atoms with Crippen LogP contribution in [-0.2, 0) is 0 Å². The standard InChI is InChI=1S/C9H13N3O/c10-4-5-13-8-3-1-2-7(6-8)9(11)12/h1-3,6H,4-5,10H2,(H3,11,12). The number of hydrogen-bond donors (Lipinski definition) is 3. The van der Waals surface area contributed by atoms with Gasteiger partial charge in [0.05, 0.1) is 0 Å². The molecule has 1 aromatic carbocycles. The summed E-state index contributed by atoms with van der Waals surface area (Å²) in [5.41, 5.74) is 11.3. The molecule has 1 rings (SSSR count). The smallest absolute Gasteiger partial charge is 0.122 e. The molecule has 0 bridgehead atoms. The van der Waals surface area contributed by atoms with Gasteiger partial charge in [-0.05, 0) is 12.1 Å². The Kier molecular flexibility index (Phi) is 3.28. The minimum atomic E-state index is 0.0400. The maximum absolute atomic E-state index is 7.21. The molecule has 4 nitrogen and oxygen atoms in total. The van der Waals surface area contributed by atoms with Gasteiger partial charge in [0.15, 0.2) is 0 Å². The number of ether oxygens (including phenoxy) is 1. The molecule has 0 amide bonds. The van der Waals surface area contributed by atoms with Crippen LogP contribution in [-0.4, -0.2) is 19.0 Å². The summed E-state index contributed by atoms with van der Waals surface area (Å²) in [6, 6.07) is 7.08. The Balaban J connectivity index is 2.73. The summed E-state index contributed by atoms with van der Waals surface area (Å²) in [7, 11) is 0. The second-order valence-electron chi connectivity index (χ2n) is 2.58. The molecule has 0 spiro atoms. The Morgan fingerprint density at radius 2 is 2.23 bits per heavy atom. The zero-order valence-electron chi connectivity index (χ0n) is 7.29. The van der Waals surface area contributed by atoms with Gasteiger partial charge in [0.2, 0.25) is 0 Å². The third kappa shape index (κ3) is 2.76. The normalized spacial score (nSPS) is 9.62. The molecule has 0 aliphatic heterocycles. The molecule has 0 fully saturated rings. The summed E-state index contributed by atoms with van der Waals surface area (Å²) in [5.74, 6) is 0.733. The van der Waals surface area contributed by atoms with Gasteiger partial charge in [0.1, 0.15) is 18.2 Å². The molecule has 0 heterocycles. The Bertz CT molecular complexity index is 299. The summed E-state index contributed by atoms with van der Waals surface area (Å²) in [5, 5.41) is 7.21. The van der Waals surface area contributed by atoms with Crippen LogP contribution in [0.15, 0.2) is 24.3 Å². The van der Waals surface area contributed by atoms with Crippen LogP contribution in [0.2, 0.25) is 0 Å². The lowest BCUT2D eigenvalue weighted by molar-refractivity contribution is 0.328. The number of hydrogen-bond acceptors (Lipinski definition) is 3. The first-order valence-corrected chi connectivity index (χ1v) is 4.01. The molecule has 0 aromatic heterocycles. The van der Waals surface area contributed by atoms with E-state index in [1.165, 1.54) is 0 Å². The maximum Gasteiger partial charge on any atom is 0.122 e. The van der Waals surface area contributed by atoms with Gasteiger partial charge in [0.25, 0.3) is 0 Å². The van der Waals surface area contributed by atoms with Crippen LogP contribution in [0, 0.1) is 5.41 Å². The van der Waals surface area contributed by atoms with Crippen molar-refractivity contribution in [2.75, 3.05) is 13.2 Å². The van der Waals surface area contributed by atoms with Crippen molar-refractivity contribution in [3.63, 3.8) is 0 Å². The molecule has 70 valence electrons. The van der Waals surface area contributed by atoms with Gasteiger partial charge in [-0.3, -0.25) is 5.41 Å². The molecule has 0 saturated carbocycles.